The number of rotatable bonds is 6. The fourth-order valence-electron chi connectivity index (χ4n) is 3.12. The molecule has 3 aromatic rings. The van der Waals surface area contributed by atoms with Crippen LogP contribution in [0, 0.1) is 5.82 Å². The molecule has 4 N–H and O–H groups in total. The third-order valence-electron chi connectivity index (χ3n) is 4.80. The summed E-state index contributed by atoms with van der Waals surface area (Å²) in [4.78, 5) is 31.2. The van der Waals surface area contributed by atoms with Crippen molar-refractivity contribution < 1.29 is 24.1 Å². The Hall–Kier alpha value is -3.43. The Bertz CT molecular complexity index is 1150. The molecule has 0 spiro atoms. The number of quaternary nitrogens is 1. The monoisotopic (exact) mass is 453 g/mol. The number of amidine groups is 1. The van der Waals surface area contributed by atoms with Gasteiger partial charge in [-0.05, 0) is 55.0 Å². The summed E-state index contributed by atoms with van der Waals surface area (Å²) in [5.74, 6) is -0.112. The average Bonchev–Trinajstić information content (AvgIpc) is 3.38. The van der Waals surface area contributed by atoms with Crippen LogP contribution in [0.1, 0.15) is 23.5 Å². The molecule has 2 amide bonds. The maximum Gasteiger partial charge on any atom is 0.282 e. The maximum absolute atomic E-state index is 13.6. The van der Waals surface area contributed by atoms with Crippen molar-refractivity contribution >= 4 is 40.1 Å². The average molecular weight is 454 g/mol. The predicted molar refractivity (Wildman–Crippen MR) is 121 cm³/mol. The molecule has 2 atom stereocenters. The summed E-state index contributed by atoms with van der Waals surface area (Å²) >= 11 is 1.29. The molecule has 0 radical (unpaired) electrons. The van der Waals surface area contributed by atoms with E-state index in [0.29, 0.717) is 22.3 Å². The highest BCUT2D eigenvalue weighted by molar-refractivity contribution is 8.15. The summed E-state index contributed by atoms with van der Waals surface area (Å²) in [5, 5.41) is 2.72. The van der Waals surface area contributed by atoms with Crippen LogP contribution in [0.15, 0.2) is 76.3 Å². The Labute approximate surface area is 188 Å². The number of carbonyl (C=O) groups excluding carboxylic acids is 2. The molecule has 1 aliphatic heterocycles. The molecule has 1 unspecified atom stereocenters. The molecule has 1 fully saturated rings. The maximum atomic E-state index is 13.6. The first-order valence-electron chi connectivity index (χ1n) is 9.99. The number of anilines is 1. The van der Waals surface area contributed by atoms with E-state index in [0.717, 1.165) is 5.56 Å². The van der Waals surface area contributed by atoms with Gasteiger partial charge in [-0.15, -0.1) is 0 Å². The van der Waals surface area contributed by atoms with Gasteiger partial charge in [0, 0.05) is 5.69 Å². The lowest BCUT2D eigenvalue weighted by atomic mass is 10.1. The largest absolute Gasteiger partial charge is 0.467 e. The van der Waals surface area contributed by atoms with Crippen LogP contribution in [0.3, 0.4) is 0 Å². The van der Waals surface area contributed by atoms with E-state index in [1.54, 1.807) is 66.6 Å². The van der Waals surface area contributed by atoms with Gasteiger partial charge in [-0.3, -0.25) is 14.5 Å². The smallest absolute Gasteiger partial charge is 0.282 e. The third-order valence-corrected chi connectivity index (χ3v) is 6.03. The quantitative estimate of drug-likeness (QED) is 0.596. The third kappa shape index (κ3) is 4.90. The van der Waals surface area contributed by atoms with Gasteiger partial charge in [0.25, 0.3) is 5.91 Å². The van der Waals surface area contributed by atoms with Gasteiger partial charge in [-0.25, -0.2) is 9.38 Å². The highest BCUT2D eigenvalue weighted by atomic mass is 32.2. The van der Waals surface area contributed by atoms with Crippen molar-refractivity contribution in [1.29, 1.82) is 0 Å². The second-order valence-electron chi connectivity index (χ2n) is 7.39. The van der Waals surface area contributed by atoms with E-state index in [1.807, 2.05) is 0 Å². The zero-order valence-electron chi connectivity index (χ0n) is 17.3. The second-order valence-corrected chi connectivity index (χ2v) is 8.46. The molecule has 1 saturated heterocycles. The molecular formula is C23H22FN4O3S+. The van der Waals surface area contributed by atoms with E-state index >= 15 is 0 Å². The van der Waals surface area contributed by atoms with Gasteiger partial charge in [0.1, 0.15) is 16.8 Å². The summed E-state index contributed by atoms with van der Waals surface area (Å²) in [6, 6.07) is 16.2. The normalized spacial score (nSPS) is 18.2. The first-order valence-corrected chi connectivity index (χ1v) is 10.9. The molecule has 9 heteroatoms. The Morgan fingerprint density at radius 1 is 1.25 bits per heavy atom. The molecule has 2 heterocycles. The Morgan fingerprint density at radius 3 is 2.69 bits per heavy atom. The molecule has 2 aromatic carbocycles. The van der Waals surface area contributed by atoms with Gasteiger partial charge in [0.15, 0.2) is 11.2 Å². The van der Waals surface area contributed by atoms with Crippen LogP contribution in [0.2, 0.25) is 0 Å². The van der Waals surface area contributed by atoms with Crippen molar-refractivity contribution in [1.82, 2.24) is 4.90 Å². The van der Waals surface area contributed by atoms with Crippen LogP contribution in [0.4, 0.5) is 15.8 Å². The Kier molecular flexibility index (Phi) is 6.38. The van der Waals surface area contributed by atoms with Gasteiger partial charge in [-0.2, -0.15) is 0 Å². The van der Waals surface area contributed by atoms with Crippen LogP contribution >= 0.6 is 11.8 Å². The second kappa shape index (κ2) is 9.37. The lowest BCUT2D eigenvalue weighted by Gasteiger charge is -2.15. The fraction of sp³-hybridized carbons (Fsp3) is 0.174. The van der Waals surface area contributed by atoms with Crippen LogP contribution in [0.25, 0.3) is 0 Å². The zero-order chi connectivity index (χ0) is 22.7. The molecule has 0 saturated carbocycles. The van der Waals surface area contributed by atoms with Crippen LogP contribution in [-0.4, -0.2) is 27.9 Å². The van der Waals surface area contributed by atoms with Gasteiger partial charge < -0.3 is 15.5 Å². The number of halogens is 1. The molecule has 32 heavy (non-hydrogen) atoms. The molecule has 1 aromatic heterocycles. The van der Waals surface area contributed by atoms with Gasteiger partial charge >= 0.3 is 0 Å². The van der Waals surface area contributed by atoms with Crippen LogP contribution in [0.5, 0.6) is 0 Å². The number of hydrogen-bond donors (Lipinski definition) is 2. The van der Waals surface area contributed by atoms with Crippen molar-refractivity contribution in [3.05, 3.63) is 84.1 Å². The first-order chi connectivity index (χ1) is 15.4. The molecule has 1 aliphatic rings. The first kappa shape index (κ1) is 21.8. The van der Waals surface area contributed by atoms with Crippen molar-refractivity contribution in [3.8, 4) is 0 Å². The molecule has 4 rings (SSSR count). The predicted octanol–water partition coefficient (Wildman–Crippen LogP) is 3.49. The summed E-state index contributed by atoms with van der Waals surface area (Å²) < 4.78 is 19.0. The Balaban J connectivity index is 1.60. The van der Waals surface area contributed by atoms with E-state index in [4.69, 9.17) is 4.42 Å². The summed E-state index contributed by atoms with van der Waals surface area (Å²) in [6.45, 7) is 1.93. The number of thioether (sulfide) groups is 1. The molecule has 164 valence electrons. The fourth-order valence-corrected chi connectivity index (χ4v) is 4.29. The minimum absolute atomic E-state index is 0.148. The summed E-state index contributed by atoms with van der Waals surface area (Å²) in [6.07, 6.45) is 1.55. The van der Waals surface area contributed by atoms with Gasteiger partial charge in [-0.1, -0.05) is 30.0 Å². The molecular weight excluding hydrogens is 431 g/mol. The lowest BCUT2D eigenvalue weighted by molar-refractivity contribution is -0.396. The van der Waals surface area contributed by atoms with Crippen molar-refractivity contribution in [3.63, 3.8) is 0 Å². The van der Waals surface area contributed by atoms with Gasteiger partial charge in [0.2, 0.25) is 5.91 Å². The molecule has 7 nitrogen and oxygen atoms in total. The standard InChI is InChI=1S/C23H21FN4O3S/c1-14(25)21(29)26-17-9-7-15(8-10-17)20-22(30)28(13-19-6-3-11-31-19)23(32-20)27-18-5-2-4-16(24)12-18/h2-12,14,20H,13,25H2,1H3,(H,26,29)/p+1/t14-,20?/m0/s1. The number of amides is 2. The van der Waals surface area contributed by atoms with E-state index < -0.39 is 11.1 Å². The van der Waals surface area contributed by atoms with Crippen molar-refractivity contribution in [2.45, 2.75) is 24.8 Å². The zero-order valence-corrected chi connectivity index (χ0v) is 18.1. The highest BCUT2D eigenvalue weighted by Crippen LogP contribution is 2.41. The number of nitrogens with zero attached hydrogens (tertiary/aromatic N) is 2. The SMILES string of the molecule is C[C@H]([NH3+])C(=O)Nc1ccc(C2SC(=Nc3cccc(F)c3)N(Cc3ccco3)C2=O)cc1. The number of carbonyl (C=O) groups is 2. The highest BCUT2D eigenvalue weighted by Gasteiger charge is 2.39. The number of aliphatic imine (C=N–C) groups is 1. The van der Waals surface area contributed by atoms with Crippen LogP contribution < -0.4 is 11.1 Å². The van der Waals surface area contributed by atoms with Gasteiger partial charge in [0.05, 0.1) is 18.5 Å². The number of furan rings is 1. The summed E-state index contributed by atoms with van der Waals surface area (Å²) in [7, 11) is 0. The van der Waals surface area contributed by atoms with Crippen molar-refractivity contribution in [2.75, 3.05) is 5.32 Å². The molecule has 0 bridgehead atoms. The van der Waals surface area contributed by atoms with E-state index in [-0.39, 0.29) is 24.4 Å². The Morgan fingerprint density at radius 2 is 2.03 bits per heavy atom. The minimum Gasteiger partial charge on any atom is -0.467 e. The van der Waals surface area contributed by atoms with E-state index in [9.17, 15) is 14.0 Å². The van der Waals surface area contributed by atoms with E-state index in [1.165, 1.54) is 23.9 Å². The number of benzene rings is 2. The number of nitrogens with one attached hydrogen (secondary N) is 1. The minimum atomic E-state index is -0.520. The summed E-state index contributed by atoms with van der Waals surface area (Å²) in [5.41, 5.74) is 5.53. The lowest BCUT2D eigenvalue weighted by Crippen LogP contribution is -2.64. The van der Waals surface area contributed by atoms with Crippen LogP contribution in [-0.2, 0) is 16.1 Å². The topological polar surface area (TPSA) is 103 Å². The van der Waals surface area contributed by atoms with Crippen molar-refractivity contribution in [2.24, 2.45) is 4.99 Å². The molecule has 0 aliphatic carbocycles. The van der Waals surface area contributed by atoms with E-state index in [2.05, 4.69) is 16.0 Å². The number of hydrogen-bond acceptors (Lipinski definition) is 5.